The van der Waals surface area contributed by atoms with Gasteiger partial charge in [-0.05, 0) is 50.1 Å². The quantitative estimate of drug-likeness (QED) is 0.581. The van der Waals surface area contributed by atoms with E-state index >= 15 is 0 Å². The fraction of sp³-hybridized carbons (Fsp3) is 0.167. The summed E-state index contributed by atoms with van der Waals surface area (Å²) in [5.74, 6) is 0.0886. The molecule has 0 radical (unpaired) electrons. The van der Waals surface area contributed by atoms with Crippen LogP contribution in [0.5, 0.6) is 5.75 Å². The van der Waals surface area contributed by atoms with Crippen molar-refractivity contribution in [1.29, 1.82) is 0 Å². The number of hydrogen-bond acceptors (Lipinski definition) is 2. The van der Waals surface area contributed by atoms with Crippen LogP contribution in [-0.4, -0.2) is 7.11 Å². The lowest BCUT2D eigenvalue weighted by molar-refractivity contribution is 0.405. The summed E-state index contributed by atoms with van der Waals surface area (Å²) in [4.78, 5) is 0.846. The van der Waals surface area contributed by atoms with Gasteiger partial charge in [-0.3, -0.25) is 0 Å². The molecule has 1 nitrogen and oxygen atoms in total. The first kappa shape index (κ1) is 14.3. The SMILES string of the molecule is COc1cccc(F)c1C(Cl)c1cc(Br)c(Br)s1. The summed E-state index contributed by atoms with van der Waals surface area (Å²) in [7, 11) is 1.50. The smallest absolute Gasteiger partial charge is 0.131 e. The van der Waals surface area contributed by atoms with Crippen molar-refractivity contribution >= 4 is 54.8 Å². The van der Waals surface area contributed by atoms with E-state index in [-0.39, 0.29) is 5.82 Å². The molecule has 6 heteroatoms. The molecule has 0 aliphatic rings. The third-order valence-corrected chi connectivity index (χ3v) is 6.30. The molecule has 0 N–H and O–H groups in total. The summed E-state index contributed by atoms with van der Waals surface area (Å²) in [5.41, 5.74) is 0.364. The van der Waals surface area contributed by atoms with Crippen LogP contribution in [0.3, 0.4) is 0 Å². The van der Waals surface area contributed by atoms with E-state index in [0.717, 1.165) is 13.1 Å². The zero-order chi connectivity index (χ0) is 13.3. The van der Waals surface area contributed by atoms with Gasteiger partial charge in [0.15, 0.2) is 0 Å². The molecule has 2 aromatic rings. The predicted octanol–water partition coefficient (Wildman–Crippen LogP) is 5.75. The van der Waals surface area contributed by atoms with E-state index in [4.69, 9.17) is 16.3 Å². The van der Waals surface area contributed by atoms with Crippen LogP contribution in [0.15, 0.2) is 32.5 Å². The van der Waals surface area contributed by atoms with E-state index in [1.165, 1.54) is 24.5 Å². The molecule has 1 aromatic carbocycles. The molecule has 0 fully saturated rings. The lowest BCUT2D eigenvalue weighted by atomic mass is 10.1. The van der Waals surface area contributed by atoms with Crippen molar-refractivity contribution in [1.82, 2.24) is 0 Å². The first-order chi connectivity index (χ1) is 8.54. The van der Waals surface area contributed by atoms with Gasteiger partial charge in [0.2, 0.25) is 0 Å². The number of rotatable bonds is 3. The van der Waals surface area contributed by atoms with Crippen molar-refractivity contribution < 1.29 is 9.13 Å². The lowest BCUT2D eigenvalue weighted by Crippen LogP contribution is -1.99. The molecule has 96 valence electrons. The van der Waals surface area contributed by atoms with Gasteiger partial charge in [0, 0.05) is 9.35 Å². The average molecular weight is 415 g/mol. The number of alkyl halides is 1. The molecule has 0 amide bonds. The molecule has 1 atom stereocenters. The summed E-state index contributed by atoms with van der Waals surface area (Å²) in [6.07, 6.45) is 0. The molecule has 0 aliphatic heterocycles. The Morgan fingerprint density at radius 1 is 1.39 bits per heavy atom. The molecule has 1 heterocycles. The molecular weight excluding hydrogens is 406 g/mol. The van der Waals surface area contributed by atoms with Gasteiger partial charge < -0.3 is 4.74 Å². The van der Waals surface area contributed by atoms with Crippen LogP contribution in [0, 0.1) is 5.82 Å². The molecule has 1 aromatic heterocycles. The second-order valence-corrected chi connectivity index (χ2v) is 7.18. The maximum absolute atomic E-state index is 13.9. The van der Waals surface area contributed by atoms with Crippen LogP contribution in [0.1, 0.15) is 15.8 Å². The standard InChI is InChI=1S/C12H8Br2ClFOS/c1-17-8-4-2-3-7(16)10(8)11(15)9-5-6(13)12(14)18-9/h2-5,11H,1H3. The Morgan fingerprint density at radius 3 is 2.67 bits per heavy atom. The number of thiophene rings is 1. The van der Waals surface area contributed by atoms with Crippen molar-refractivity contribution in [3.63, 3.8) is 0 Å². The lowest BCUT2D eigenvalue weighted by Gasteiger charge is -2.13. The normalized spacial score (nSPS) is 12.5. The Hall–Kier alpha value is -0.100. The van der Waals surface area contributed by atoms with Crippen LogP contribution in [0.25, 0.3) is 0 Å². The largest absolute Gasteiger partial charge is 0.496 e. The molecule has 2 rings (SSSR count). The Kier molecular flexibility index (Phi) is 4.69. The Balaban J connectivity index is 2.48. The topological polar surface area (TPSA) is 9.23 Å². The maximum Gasteiger partial charge on any atom is 0.131 e. The number of halogens is 4. The molecule has 0 spiro atoms. The zero-order valence-corrected chi connectivity index (χ0v) is 14.0. The second-order valence-electron chi connectivity index (χ2n) is 3.49. The summed E-state index contributed by atoms with van der Waals surface area (Å²) in [6.45, 7) is 0. The third-order valence-electron chi connectivity index (χ3n) is 2.40. The van der Waals surface area contributed by atoms with Crippen LogP contribution in [0.4, 0.5) is 4.39 Å². The number of benzene rings is 1. The predicted molar refractivity (Wildman–Crippen MR) is 80.4 cm³/mol. The van der Waals surface area contributed by atoms with Gasteiger partial charge in [0.1, 0.15) is 11.6 Å². The van der Waals surface area contributed by atoms with Crippen LogP contribution >= 0.6 is 54.8 Å². The van der Waals surface area contributed by atoms with E-state index < -0.39 is 5.38 Å². The Morgan fingerprint density at radius 2 is 2.11 bits per heavy atom. The van der Waals surface area contributed by atoms with E-state index in [1.54, 1.807) is 12.1 Å². The van der Waals surface area contributed by atoms with E-state index in [1.807, 2.05) is 6.07 Å². The Bertz CT molecular complexity index is 554. The highest BCUT2D eigenvalue weighted by atomic mass is 79.9. The van der Waals surface area contributed by atoms with E-state index in [2.05, 4.69) is 31.9 Å². The van der Waals surface area contributed by atoms with Crippen LogP contribution < -0.4 is 4.74 Å². The highest BCUT2D eigenvalue weighted by molar-refractivity contribution is 9.13. The fourth-order valence-corrected chi connectivity index (χ4v) is 4.06. The van der Waals surface area contributed by atoms with Gasteiger partial charge in [-0.2, -0.15) is 0 Å². The average Bonchev–Trinajstić information content (AvgIpc) is 2.68. The molecular formula is C12H8Br2ClFOS. The minimum Gasteiger partial charge on any atom is -0.496 e. The summed E-state index contributed by atoms with van der Waals surface area (Å²) < 4.78 is 20.9. The monoisotopic (exact) mass is 412 g/mol. The highest BCUT2D eigenvalue weighted by Crippen LogP contribution is 2.43. The highest BCUT2D eigenvalue weighted by Gasteiger charge is 2.22. The molecule has 0 aliphatic carbocycles. The van der Waals surface area contributed by atoms with Gasteiger partial charge in [0.05, 0.1) is 21.8 Å². The van der Waals surface area contributed by atoms with Gasteiger partial charge in [0.25, 0.3) is 0 Å². The maximum atomic E-state index is 13.9. The fourth-order valence-electron chi connectivity index (χ4n) is 1.57. The Labute approximate surface area is 130 Å². The van der Waals surface area contributed by atoms with Gasteiger partial charge in [-0.25, -0.2) is 4.39 Å². The van der Waals surface area contributed by atoms with E-state index in [9.17, 15) is 4.39 Å². The number of ether oxygens (including phenoxy) is 1. The van der Waals surface area contributed by atoms with Crippen molar-refractivity contribution in [3.8, 4) is 5.75 Å². The first-order valence-electron chi connectivity index (χ1n) is 4.95. The minimum atomic E-state index is -0.575. The third kappa shape index (κ3) is 2.74. The van der Waals surface area contributed by atoms with Crippen molar-refractivity contribution in [2.45, 2.75) is 5.38 Å². The van der Waals surface area contributed by atoms with Gasteiger partial charge in [-0.1, -0.05) is 6.07 Å². The van der Waals surface area contributed by atoms with Crippen molar-refractivity contribution in [2.24, 2.45) is 0 Å². The molecule has 0 saturated carbocycles. The molecule has 1 unspecified atom stereocenters. The second kappa shape index (κ2) is 5.90. The number of hydrogen-bond donors (Lipinski definition) is 0. The van der Waals surface area contributed by atoms with Crippen molar-refractivity contribution in [2.75, 3.05) is 7.11 Å². The van der Waals surface area contributed by atoms with Gasteiger partial charge >= 0.3 is 0 Å². The summed E-state index contributed by atoms with van der Waals surface area (Å²) >= 11 is 14.6. The number of methoxy groups -OCH3 is 1. The summed E-state index contributed by atoms with van der Waals surface area (Å²) in [5, 5.41) is -0.575. The summed E-state index contributed by atoms with van der Waals surface area (Å²) in [6, 6.07) is 6.55. The van der Waals surface area contributed by atoms with Crippen molar-refractivity contribution in [3.05, 3.63) is 48.8 Å². The first-order valence-corrected chi connectivity index (χ1v) is 7.79. The minimum absolute atomic E-state index is 0.364. The van der Waals surface area contributed by atoms with Gasteiger partial charge in [-0.15, -0.1) is 22.9 Å². The van der Waals surface area contributed by atoms with Crippen LogP contribution in [-0.2, 0) is 0 Å². The zero-order valence-electron chi connectivity index (χ0n) is 9.22. The molecule has 0 saturated heterocycles. The molecule has 0 bridgehead atoms. The van der Waals surface area contributed by atoms with Crippen LogP contribution in [0.2, 0.25) is 0 Å². The molecule has 18 heavy (non-hydrogen) atoms. The van der Waals surface area contributed by atoms with E-state index in [0.29, 0.717) is 11.3 Å².